The van der Waals surface area contributed by atoms with Crippen molar-refractivity contribution in [1.82, 2.24) is 0 Å². The second-order valence-electron chi connectivity index (χ2n) is 14.1. The van der Waals surface area contributed by atoms with Crippen molar-refractivity contribution in [1.29, 1.82) is 0 Å². The van der Waals surface area contributed by atoms with E-state index in [0.29, 0.717) is 0 Å². The van der Waals surface area contributed by atoms with E-state index >= 15 is 0 Å². The maximum absolute atomic E-state index is 6.82. The first-order chi connectivity index (χ1) is 27.3. The number of fused-ring (bicyclic) bond motifs is 8. The van der Waals surface area contributed by atoms with E-state index in [1.807, 2.05) is 24.3 Å². The zero-order chi connectivity index (χ0) is 36.3. The third-order valence-electron chi connectivity index (χ3n) is 10.9. The Morgan fingerprint density at radius 1 is 0.309 bits per heavy atom. The van der Waals surface area contributed by atoms with Crippen LogP contribution in [0.5, 0.6) is 0 Å². The first-order valence-electron chi connectivity index (χ1n) is 18.7. The lowest BCUT2D eigenvalue weighted by Crippen LogP contribution is -2.09. The number of rotatable bonds is 6. The molecule has 55 heavy (non-hydrogen) atoms. The molecular formula is C52H33NO2. The van der Waals surface area contributed by atoms with Gasteiger partial charge in [0.15, 0.2) is 0 Å². The van der Waals surface area contributed by atoms with Gasteiger partial charge in [0.05, 0.1) is 0 Å². The summed E-state index contributed by atoms with van der Waals surface area (Å²) in [6.07, 6.45) is 0. The summed E-state index contributed by atoms with van der Waals surface area (Å²) >= 11 is 0. The molecular weight excluding hydrogens is 671 g/mol. The van der Waals surface area contributed by atoms with Gasteiger partial charge < -0.3 is 13.7 Å². The van der Waals surface area contributed by atoms with Gasteiger partial charge in [-0.1, -0.05) is 133 Å². The molecule has 0 aliphatic carbocycles. The van der Waals surface area contributed by atoms with E-state index in [9.17, 15) is 0 Å². The Morgan fingerprint density at radius 2 is 0.855 bits per heavy atom. The minimum absolute atomic E-state index is 0.849. The van der Waals surface area contributed by atoms with Gasteiger partial charge in [-0.25, -0.2) is 0 Å². The summed E-state index contributed by atoms with van der Waals surface area (Å²) in [5.41, 5.74) is 13.6. The van der Waals surface area contributed by atoms with Crippen LogP contribution in [-0.4, -0.2) is 0 Å². The summed E-state index contributed by atoms with van der Waals surface area (Å²) in [5.74, 6) is 0. The van der Waals surface area contributed by atoms with Gasteiger partial charge in [-0.05, 0) is 105 Å². The second-order valence-corrected chi connectivity index (χ2v) is 14.1. The summed E-state index contributed by atoms with van der Waals surface area (Å²) in [6, 6.07) is 70.8. The third-order valence-corrected chi connectivity index (χ3v) is 10.9. The SMILES string of the molecule is c1ccc(N(c2ccccc2)c2ccc(-c3ccc(-c4cc(-c5cccc6ccccc56)cc5c4oc4ccc6oc7ccccc7c6c45)cc3)cc2)cc1. The lowest BCUT2D eigenvalue weighted by Gasteiger charge is -2.25. The third kappa shape index (κ3) is 5.20. The average Bonchev–Trinajstić information content (AvgIpc) is 3.83. The minimum Gasteiger partial charge on any atom is -0.456 e. The van der Waals surface area contributed by atoms with E-state index in [2.05, 4.69) is 181 Å². The van der Waals surface area contributed by atoms with Crippen molar-refractivity contribution in [2.24, 2.45) is 0 Å². The van der Waals surface area contributed by atoms with Crippen LogP contribution >= 0.6 is 0 Å². The highest BCUT2D eigenvalue weighted by molar-refractivity contribution is 6.27. The first-order valence-corrected chi connectivity index (χ1v) is 18.7. The molecule has 0 N–H and O–H groups in total. The van der Waals surface area contributed by atoms with Crippen LogP contribution in [0.25, 0.3) is 88.0 Å². The molecule has 258 valence electrons. The summed E-state index contributed by atoms with van der Waals surface area (Å²) in [6.45, 7) is 0. The molecule has 0 aliphatic rings. The maximum atomic E-state index is 6.82. The standard InChI is InChI=1S/C52H33NO2/c1-3-14-39(15-4-1)53(40-16-5-2-6-17-40)41-28-26-35(27-29-41)34-22-24-37(25-23-34)45-32-38(43-20-11-13-36-12-7-8-18-42(36)43)33-46-51-49(55-52(45)46)31-30-48-50(51)44-19-9-10-21-47(44)54-48/h1-33H. The summed E-state index contributed by atoms with van der Waals surface area (Å²) in [7, 11) is 0. The predicted molar refractivity (Wildman–Crippen MR) is 229 cm³/mol. The molecule has 2 aromatic heterocycles. The molecule has 0 unspecified atom stereocenters. The molecule has 0 atom stereocenters. The van der Waals surface area contributed by atoms with Gasteiger partial charge in [0.1, 0.15) is 22.3 Å². The number of hydrogen-bond donors (Lipinski definition) is 0. The van der Waals surface area contributed by atoms with Gasteiger partial charge in [-0.2, -0.15) is 0 Å². The topological polar surface area (TPSA) is 29.5 Å². The molecule has 0 spiro atoms. The number of anilines is 3. The molecule has 11 aromatic rings. The van der Waals surface area contributed by atoms with Crippen LogP contribution in [0.3, 0.4) is 0 Å². The minimum atomic E-state index is 0.849. The number of para-hydroxylation sites is 3. The van der Waals surface area contributed by atoms with Crippen LogP contribution in [0.15, 0.2) is 209 Å². The van der Waals surface area contributed by atoms with Crippen molar-refractivity contribution in [2.45, 2.75) is 0 Å². The second kappa shape index (κ2) is 12.6. The fraction of sp³-hybridized carbons (Fsp3) is 0. The number of furan rings is 2. The van der Waals surface area contributed by atoms with Gasteiger partial charge in [0, 0.05) is 44.2 Å². The Balaban J connectivity index is 1.05. The van der Waals surface area contributed by atoms with E-state index in [4.69, 9.17) is 8.83 Å². The van der Waals surface area contributed by atoms with Gasteiger partial charge in [-0.3, -0.25) is 0 Å². The number of benzene rings is 9. The zero-order valence-corrected chi connectivity index (χ0v) is 29.8. The van der Waals surface area contributed by atoms with E-state index in [1.54, 1.807) is 0 Å². The Kier molecular flexibility index (Phi) is 7.17. The highest BCUT2D eigenvalue weighted by Gasteiger charge is 2.21. The molecule has 0 amide bonds. The molecule has 0 saturated carbocycles. The Morgan fingerprint density at radius 3 is 1.58 bits per heavy atom. The van der Waals surface area contributed by atoms with E-state index in [-0.39, 0.29) is 0 Å². The van der Waals surface area contributed by atoms with Crippen LogP contribution in [0.2, 0.25) is 0 Å². The van der Waals surface area contributed by atoms with Crippen molar-refractivity contribution in [2.75, 3.05) is 4.90 Å². The van der Waals surface area contributed by atoms with Crippen LogP contribution in [0, 0.1) is 0 Å². The van der Waals surface area contributed by atoms with Crippen LogP contribution in [-0.2, 0) is 0 Å². The lowest BCUT2D eigenvalue weighted by molar-refractivity contribution is 0.663. The number of hydrogen-bond acceptors (Lipinski definition) is 3. The van der Waals surface area contributed by atoms with Gasteiger partial charge >= 0.3 is 0 Å². The van der Waals surface area contributed by atoms with E-state index in [1.165, 1.54) is 16.3 Å². The molecule has 3 heteroatoms. The first kappa shape index (κ1) is 31.2. The van der Waals surface area contributed by atoms with Crippen LogP contribution in [0.1, 0.15) is 0 Å². The zero-order valence-electron chi connectivity index (χ0n) is 29.8. The monoisotopic (exact) mass is 703 g/mol. The quantitative estimate of drug-likeness (QED) is 0.173. The fourth-order valence-electron chi connectivity index (χ4n) is 8.28. The molecule has 0 aliphatic heterocycles. The Labute approximate surface area is 317 Å². The Hall–Kier alpha value is -7.36. The summed E-state index contributed by atoms with van der Waals surface area (Å²) in [4.78, 5) is 2.29. The average molecular weight is 704 g/mol. The molecule has 0 saturated heterocycles. The lowest BCUT2D eigenvalue weighted by atomic mass is 9.92. The predicted octanol–water partition coefficient (Wildman–Crippen LogP) is 15.1. The van der Waals surface area contributed by atoms with Crippen molar-refractivity contribution < 1.29 is 8.83 Å². The molecule has 2 heterocycles. The highest BCUT2D eigenvalue weighted by atomic mass is 16.3. The van der Waals surface area contributed by atoms with Crippen LogP contribution < -0.4 is 4.90 Å². The molecule has 3 nitrogen and oxygen atoms in total. The van der Waals surface area contributed by atoms with Gasteiger partial charge in [0.25, 0.3) is 0 Å². The summed E-state index contributed by atoms with van der Waals surface area (Å²) < 4.78 is 13.2. The van der Waals surface area contributed by atoms with E-state index < -0.39 is 0 Å². The van der Waals surface area contributed by atoms with Crippen molar-refractivity contribution in [3.8, 4) is 33.4 Å². The fourth-order valence-corrected chi connectivity index (χ4v) is 8.28. The summed E-state index contributed by atoms with van der Waals surface area (Å²) in [5, 5.41) is 6.77. The molecule has 0 fully saturated rings. The van der Waals surface area contributed by atoms with Gasteiger partial charge in [0.2, 0.25) is 0 Å². The van der Waals surface area contributed by atoms with Crippen molar-refractivity contribution >= 4 is 71.7 Å². The van der Waals surface area contributed by atoms with Crippen molar-refractivity contribution in [3.05, 3.63) is 200 Å². The number of nitrogens with zero attached hydrogens (tertiary/aromatic N) is 1. The highest BCUT2D eigenvalue weighted by Crippen LogP contribution is 2.45. The normalized spacial score (nSPS) is 11.6. The maximum Gasteiger partial charge on any atom is 0.143 e. The molecule has 0 bridgehead atoms. The Bertz CT molecular complexity index is 3130. The van der Waals surface area contributed by atoms with E-state index in [0.717, 1.165) is 88.8 Å². The van der Waals surface area contributed by atoms with Crippen LogP contribution in [0.4, 0.5) is 17.1 Å². The van der Waals surface area contributed by atoms with Gasteiger partial charge in [-0.15, -0.1) is 0 Å². The molecule has 9 aromatic carbocycles. The largest absolute Gasteiger partial charge is 0.456 e. The van der Waals surface area contributed by atoms with Crippen molar-refractivity contribution in [3.63, 3.8) is 0 Å². The smallest absolute Gasteiger partial charge is 0.143 e. The molecule has 11 rings (SSSR count). The molecule has 0 radical (unpaired) electrons.